The average molecular weight is 259 g/mol. The lowest BCUT2D eigenvalue weighted by molar-refractivity contribution is -0.0669. The molecule has 0 radical (unpaired) electrons. The van der Waals surface area contributed by atoms with Crippen LogP contribution < -0.4 is 5.73 Å². The first kappa shape index (κ1) is 12.0. The van der Waals surface area contributed by atoms with Crippen molar-refractivity contribution < 1.29 is 0 Å². The highest BCUT2D eigenvalue weighted by atomic mass is 15.2. The van der Waals surface area contributed by atoms with Crippen LogP contribution in [0.5, 0.6) is 0 Å². The van der Waals surface area contributed by atoms with Gasteiger partial charge in [-0.05, 0) is 67.8 Å². The number of aromatic nitrogens is 2. The van der Waals surface area contributed by atoms with E-state index in [2.05, 4.69) is 11.2 Å². The van der Waals surface area contributed by atoms with Crippen LogP contribution in [0.25, 0.3) is 0 Å². The smallest absolute Gasteiger partial charge is 0.0640 e. The molecule has 4 bridgehead atoms. The molecule has 3 nitrogen and oxygen atoms in total. The zero-order chi connectivity index (χ0) is 13.0. The van der Waals surface area contributed by atoms with Crippen molar-refractivity contribution in [2.45, 2.75) is 51.0 Å². The number of hydrogen-bond donors (Lipinski definition) is 1. The van der Waals surface area contributed by atoms with Gasteiger partial charge in [0.2, 0.25) is 0 Å². The van der Waals surface area contributed by atoms with Gasteiger partial charge in [-0.25, -0.2) is 0 Å². The van der Waals surface area contributed by atoms with Crippen LogP contribution in [-0.4, -0.2) is 15.8 Å². The Labute approximate surface area is 115 Å². The molecule has 104 valence electrons. The minimum Gasteiger partial charge on any atom is -0.327 e. The number of rotatable bonds is 3. The standard InChI is InChI=1S/C16H25N3/c1-19-3-2-14(18-19)7-15(17)16-8-11-4-12(9-16)6-13(5-11)10-16/h2-3,11-13,15H,4-10,17H2,1H3. The maximum absolute atomic E-state index is 6.66. The maximum Gasteiger partial charge on any atom is 0.0640 e. The van der Waals surface area contributed by atoms with Crippen molar-refractivity contribution in [3.63, 3.8) is 0 Å². The molecule has 1 atom stereocenters. The zero-order valence-corrected chi connectivity index (χ0v) is 11.9. The quantitative estimate of drug-likeness (QED) is 0.906. The molecule has 0 aliphatic heterocycles. The first-order chi connectivity index (χ1) is 9.13. The molecule has 19 heavy (non-hydrogen) atoms. The van der Waals surface area contributed by atoms with Crippen molar-refractivity contribution >= 4 is 0 Å². The minimum atomic E-state index is 0.316. The van der Waals surface area contributed by atoms with Gasteiger partial charge in [-0.15, -0.1) is 0 Å². The van der Waals surface area contributed by atoms with E-state index in [0.29, 0.717) is 11.5 Å². The van der Waals surface area contributed by atoms with Crippen LogP contribution in [0.15, 0.2) is 12.3 Å². The summed E-state index contributed by atoms with van der Waals surface area (Å²) < 4.78 is 1.89. The van der Waals surface area contributed by atoms with Gasteiger partial charge >= 0.3 is 0 Å². The molecule has 4 aliphatic carbocycles. The monoisotopic (exact) mass is 259 g/mol. The number of aryl methyl sites for hydroxylation is 1. The minimum absolute atomic E-state index is 0.316. The topological polar surface area (TPSA) is 43.8 Å². The van der Waals surface area contributed by atoms with Crippen molar-refractivity contribution in [2.75, 3.05) is 0 Å². The van der Waals surface area contributed by atoms with Crippen LogP contribution in [0.1, 0.15) is 44.2 Å². The molecule has 0 aromatic carbocycles. The molecule has 3 heteroatoms. The fraction of sp³-hybridized carbons (Fsp3) is 0.812. The van der Waals surface area contributed by atoms with Gasteiger partial charge in [0.25, 0.3) is 0 Å². The predicted molar refractivity (Wildman–Crippen MR) is 75.5 cm³/mol. The Balaban J connectivity index is 1.54. The van der Waals surface area contributed by atoms with Crippen LogP contribution in [0, 0.1) is 23.2 Å². The fourth-order valence-electron chi connectivity index (χ4n) is 5.65. The average Bonchev–Trinajstić information content (AvgIpc) is 2.73. The first-order valence-corrected chi connectivity index (χ1v) is 7.87. The molecule has 1 aromatic heterocycles. The van der Waals surface area contributed by atoms with Crippen LogP contribution >= 0.6 is 0 Å². The van der Waals surface area contributed by atoms with E-state index in [1.54, 1.807) is 0 Å². The summed E-state index contributed by atoms with van der Waals surface area (Å²) in [4.78, 5) is 0. The van der Waals surface area contributed by atoms with Gasteiger partial charge in [0.1, 0.15) is 0 Å². The van der Waals surface area contributed by atoms with Gasteiger partial charge < -0.3 is 5.73 Å². The number of nitrogens with two attached hydrogens (primary N) is 1. The van der Waals surface area contributed by atoms with Crippen LogP contribution in [0.2, 0.25) is 0 Å². The van der Waals surface area contributed by atoms with Gasteiger partial charge in [0.05, 0.1) is 5.69 Å². The number of hydrogen-bond acceptors (Lipinski definition) is 2. The molecule has 5 rings (SSSR count). The maximum atomic E-state index is 6.66. The Morgan fingerprint density at radius 1 is 1.26 bits per heavy atom. The molecular weight excluding hydrogens is 234 g/mol. The van der Waals surface area contributed by atoms with Crippen molar-refractivity contribution in [1.29, 1.82) is 0 Å². The zero-order valence-electron chi connectivity index (χ0n) is 11.9. The van der Waals surface area contributed by atoms with Crippen molar-refractivity contribution in [3.8, 4) is 0 Å². The largest absolute Gasteiger partial charge is 0.327 e. The Kier molecular flexibility index (Phi) is 2.57. The highest BCUT2D eigenvalue weighted by Crippen LogP contribution is 2.61. The van der Waals surface area contributed by atoms with E-state index in [-0.39, 0.29) is 0 Å². The molecule has 1 heterocycles. The lowest BCUT2D eigenvalue weighted by Crippen LogP contribution is -2.55. The SMILES string of the molecule is Cn1ccc(CC(N)C23CC4CC(CC(C4)C2)C3)n1. The second kappa shape index (κ2) is 4.08. The summed E-state index contributed by atoms with van der Waals surface area (Å²) in [5.74, 6) is 2.96. The van der Waals surface area contributed by atoms with Crippen molar-refractivity contribution in [2.24, 2.45) is 36.0 Å². The molecule has 0 amide bonds. The van der Waals surface area contributed by atoms with Crippen LogP contribution in [0.3, 0.4) is 0 Å². The van der Waals surface area contributed by atoms with Gasteiger partial charge in [0.15, 0.2) is 0 Å². The second-order valence-electron chi connectivity index (χ2n) is 7.57. The summed E-state index contributed by atoms with van der Waals surface area (Å²) in [7, 11) is 1.99. The third-order valence-electron chi connectivity index (χ3n) is 6.07. The Bertz CT molecular complexity index is 441. The summed E-state index contributed by atoms with van der Waals surface area (Å²) >= 11 is 0. The molecule has 4 saturated carbocycles. The molecule has 4 aliphatic rings. The van der Waals surface area contributed by atoms with Gasteiger partial charge in [0, 0.05) is 25.7 Å². The molecule has 0 spiro atoms. The Hall–Kier alpha value is -0.830. The fourth-order valence-corrected chi connectivity index (χ4v) is 5.65. The molecular formula is C16H25N3. The molecule has 1 unspecified atom stereocenters. The van der Waals surface area contributed by atoms with E-state index in [1.807, 2.05) is 17.9 Å². The molecule has 2 N–H and O–H groups in total. The summed E-state index contributed by atoms with van der Waals surface area (Å²) in [5.41, 5.74) is 8.29. The summed E-state index contributed by atoms with van der Waals surface area (Å²) in [6, 6.07) is 2.44. The number of nitrogens with zero attached hydrogens (tertiary/aromatic N) is 2. The summed E-state index contributed by atoms with van der Waals surface area (Å²) in [5, 5.41) is 4.51. The third-order valence-corrected chi connectivity index (χ3v) is 6.07. The van der Waals surface area contributed by atoms with Crippen molar-refractivity contribution in [1.82, 2.24) is 9.78 Å². The first-order valence-electron chi connectivity index (χ1n) is 7.87. The highest BCUT2D eigenvalue weighted by molar-refractivity contribution is 5.10. The highest BCUT2D eigenvalue weighted by Gasteiger charge is 2.53. The van der Waals surface area contributed by atoms with E-state index in [0.717, 1.165) is 24.2 Å². The second-order valence-corrected chi connectivity index (χ2v) is 7.57. The van der Waals surface area contributed by atoms with Gasteiger partial charge in [-0.3, -0.25) is 4.68 Å². The molecule has 0 saturated heterocycles. The summed E-state index contributed by atoms with van der Waals surface area (Å²) in [6.45, 7) is 0. The van der Waals surface area contributed by atoms with Crippen LogP contribution in [-0.2, 0) is 13.5 Å². The molecule has 1 aromatic rings. The van der Waals surface area contributed by atoms with Crippen LogP contribution in [0.4, 0.5) is 0 Å². The van der Waals surface area contributed by atoms with E-state index < -0.39 is 0 Å². The van der Waals surface area contributed by atoms with Gasteiger partial charge in [-0.1, -0.05) is 0 Å². The van der Waals surface area contributed by atoms with E-state index in [1.165, 1.54) is 44.2 Å². The van der Waals surface area contributed by atoms with E-state index in [4.69, 9.17) is 5.73 Å². The predicted octanol–water partition coefficient (Wildman–Crippen LogP) is 2.51. The van der Waals surface area contributed by atoms with E-state index >= 15 is 0 Å². The Morgan fingerprint density at radius 2 is 1.84 bits per heavy atom. The third kappa shape index (κ3) is 1.94. The lowest BCUT2D eigenvalue weighted by atomic mass is 9.47. The van der Waals surface area contributed by atoms with Gasteiger partial charge in [-0.2, -0.15) is 5.10 Å². The van der Waals surface area contributed by atoms with E-state index in [9.17, 15) is 0 Å². The van der Waals surface area contributed by atoms with Crippen molar-refractivity contribution in [3.05, 3.63) is 18.0 Å². The summed E-state index contributed by atoms with van der Waals surface area (Å²) in [6.07, 6.45) is 11.7. The normalized spacial score (nSPS) is 41.7. The molecule has 4 fully saturated rings. The lowest BCUT2D eigenvalue weighted by Gasteiger charge is -2.59. The Morgan fingerprint density at radius 3 is 2.32 bits per heavy atom.